The minimum Gasteiger partial charge on any atom is -0.459 e. The zero-order valence-electron chi connectivity index (χ0n) is 37.2. The first kappa shape index (κ1) is 48.9. The number of amides is 1. The third kappa shape index (κ3) is 11.5. The van der Waals surface area contributed by atoms with E-state index < -0.39 is 83.7 Å². The fourth-order valence-electron chi connectivity index (χ4n) is 9.70. The minimum atomic E-state index is -1.94. The highest BCUT2D eigenvalue weighted by Gasteiger charge is 2.55. The summed E-state index contributed by atoms with van der Waals surface area (Å²) in [5.41, 5.74) is 0.612. The highest BCUT2D eigenvalue weighted by atomic mass is 16.7. The number of hydrogen-bond acceptors (Lipinski definition) is 16. The molecule has 3 saturated heterocycles. The Morgan fingerprint density at radius 1 is 1.05 bits per heavy atom. The molecule has 5 rings (SSSR count). The fourth-order valence-corrected chi connectivity index (χ4v) is 9.70. The Morgan fingerprint density at radius 3 is 2.48 bits per heavy atom. The van der Waals surface area contributed by atoms with Gasteiger partial charge in [0.1, 0.15) is 29.6 Å². The monoisotopic (exact) mass is 862 g/mol. The second-order valence-corrected chi connectivity index (χ2v) is 18.5. The number of fused-ring (bicyclic) bond motifs is 2. The summed E-state index contributed by atoms with van der Waals surface area (Å²) in [6.07, 6.45) is -2.96. The molecule has 61 heavy (non-hydrogen) atoms. The van der Waals surface area contributed by atoms with E-state index in [-0.39, 0.29) is 43.3 Å². The van der Waals surface area contributed by atoms with E-state index in [2.05, 4.69) is 21.3 Å². The summed E-state index contributed by atoms with van der Waals surface area (Å²) in [7, 11) is 1.94. The molecule has 0 radical (unpaired) electrons. The van der Waals surface area contributed by atoms with Gasteiger partial charge in [-0.15, -0.1) is 0 Å². The number of ketones is 1. The lowest BCUT2D eigenvalue weighted by atomic mass is 9.75. The van der Waals surface area contributed by atoms with Crippen molar-refractivity contribution < 1.29 is 59.0 Å². The van der Waals surface area contributed by atoms with E-state index in [9.17, 15) is 34.8 Å². The van der Waals surface area contributed by atoms with E-state index in [0.29, 0.717) is 25.9 Å². The quantitative estimate of drug-likeness (QED) is 0.0679. The van der Waals surface area contributed by atoms with Crippen LogP contribution in [0.5, 0.6) is 0 Å². The van der Waals surface area contributed by atoms with Crippen LogP contribution in [0.4, 0.5) is 0 Å². The number of hydrogen-bond donors (Lipinski definition) is 6. The van der Waals surface area contributed by atoms with Gasteiger partial charge in [0.05, 0.1) is 49.1 Å². The van der Waals surface area contributed by atoms with Crippen molar-refractivity contribution in [1.82, 2.24) is 15.4 Å². The zero-order valence-corrected chi connectivity index (χ0v) is 37.2. The molecule has 1 unspecified atom stereocenters. The van der Waals surface area contributed by atoms with Gasteiger partial charge in [0.25, 0.3) is 0 Å². The van der Waals surface area contributed by atoms with Crippen LogP contribution in [-0.4, -0.2) is 140 Å². The van der Waals surface area contributed by atoms with Gasteiger partial charge < -0.3 is 39.4 Å². The van der Waals surface area contributed by atoms with Crippen molar-refractivity contribution in [1.29, 1.82) is 0 Å². The largest absolute Gasteiger partial charge is 0.459 e. The molecule has 0 spiro atoms. The second-order valence-electron chi connectivity index (χ2n) is 18.5. The van der Waals surface area contributed by atoms with Crippen LogP contribution in [0.2, 0.25) is 0 Å². The topological polar surface area (TPSA) is 233 Å². The molecule has 3 fully saturated rings. The van der Waals surface area contributed by atoms with Crippen molar-refractivity contribution in [3.05, 3.63) is 35.4 Å². The van der Waals surface area contributed by atoms with Crippen molar-refractivity contribution in [3.8, 4) is 0 Å². The minimum absolute atomic E-state index is 0.0175. The van der Waals surface area contributed by atoms with E-state index in [1.807, 2.05) is 37.2 Å². The summed E-state index contributed by atoms with van der Waals surface area (Å²) in [5, 5.41) is 66.0. The van der Waals surface area contributed by atoms with E-state index >= 15 is 0 Å². The van der Waals surface area contributed by atoms with E-state index in [4.69, 9.17) is 24.2 Å². The van der Waals surface area contributed by atoms with E-state index in [0.717, 1.165) is 43.4 Å². The molecule has 6 N–H and O–H groups in total. The van der Waals surface area contributed by atoms with Crippen LogP contribution < -0.4 is 5.48 Å². The number of cyclic esters (lactones) is 1. The molecule has 17 nitrogen and oxygen atoms in total. The molecular formula is C44H71N5O12. The van der Waals surface area contributed by atoms with Crippen molar-refractivity contribution in [2.24, 2.45) is 34.0 Å². The van der Waals surface area contributed by atoms with Crippen molar-refractivity contribution in [2.75, 3.05) is 26.7 Å². The highest BCUT2D eigenvalue weighted by Crippen LogP contribution is 2.43. The summed E-state index contributed by atoms with van der Waals surface area (Å²) in [6, 6.07) is 7.68. The average molecular weight is 862 g/mol. The number of hydroxylamine groups is 1. The van der Waals surface area contributed by atoms with E-state index in [1.54, 1.807) is 33.2 Å². The molecule has 1 aromatic carbocycles. The summed E-state index contributed by atoms with van der Waals surface area (Å²) < 4.78 is 25.1. The lowest BCUT2D eigenvalue weighted by Crippen LogP contribution is -2.59. The molecule has 4 aliphatic heterocycles. The van der Waals surface area contributed by atoms with Gasteiger partial charge in [0.15, 0.2) is 6.29 Å². The Morgan fingerprint density at radius 2 is 1.77 bits per heavy atom. The lowest BCUT2D eigenvalue weighted by Gasteiger charge is -2.47. The molecule has 1 aromatic rings. The Hall–Kier alpha value is -3.13. The Labute approximate surface area is 360 Å². The number of aliphatic hydroxyl groups excluding tert-OH is 3. The summed E-state index contributed by atoms with van der Waals surface area (Å²) >= 11 is 0. The van der Waals surface area contributed by atoms with Gasteiger partial charge in [-0.2, -0.15) is 5.11 Å². The van der Waals surface area contributed by atoms with E-state index in [1.165, 1.54) is 13.8 Å². The number of carbonyl (C=O) groups excluding carboxylic acids is 3. The maximum Gasteiger partial charge on any atom is 0.311 e. The number of nitrogens with one attached hydrogen (secondary N) is 1. The maximum absolute atomic E-state index is 13.9. The van der Waals surface area contributed by atoms with Crippen LogP contribution >= 0.6 is 0 Å². The van der Waals surface area contributed by atoms with Gasteiger partial charge in [0.2, 0.25) is 5.91 Å². The van der Waals surface area contributed by atoms with Crippen LogP contribution in [0.15, 0.2) is 34.6 Å². The molecule has 15 atom stereocenters. The molecular weight excluding hydrogens is 791 g/mol. The SMILES string of the molecule is CC[C@H]1OC(=O)[C@H](C)[C@@H](O)[C@H](C)[C@@H](O[C@@H]2O[C@H](C)C[C@H](N(C)Cc3cccc(C4CN(CCCCCCC(=O)NO)N=N4)c3)[C@H]2O)[C@@]2(C)C[C@@H](CO2)C(=O)[C@H](C)[C@@H](O)[C@]1(C)O. The summed E-state index contributed by atoms with van der Waals surface area (Å²) in [6.45, 7) is 13.5. The van der Waals surface area contributed by atoms with Gasteiger partial charge in [-0.05, 0) is 78.0 Å². The van der Waals surface area contributed by atoms with Gasteiger partial charge in [-0.3, -0.25) is 29.5 Å². The van der Waals surface area contributed by atoms with Gasteiger partial charge >= 0.3 is 5.97 Å². The van der Waals surface area contributed by atoms with Crippen LogP contribution in [0, 0.1) is 23.7 Å². The number of likely N-dealkylation sites (N-methyl/N-ethyl adjacent to an activating group) is 1. The van der Waals surface area contributed by atoms with Crippen LogP contribution in [0.3, 0.4) is 0 Å². The first-order chi connectivity index (χ1) is 28.8. The molecule has 4 aliphatic rings. The summed E-state index contributed by atoms with van der Waals surface area (Å²) in [5.74, 6) is -4.98. The maximum atomic E-state index is 13.9. The van der Waals surface area contributed by atoms with Crippen molar-refractivity contribution in [2.45, 2.75) is 173 Å². The first-order valence-corrected chi connectivity index (χ1v) is 22.1. The Kier molecular flexibility index (Phi) is 16.9. The number of rotatable bonds is 14. The van der Waals surface area contributed by atoms with Crippen LogP contribution in [-0.2, 0) is 39.9 Å². The average Bonchev–Trinajstić information content (AvgIpc) is 3.89. The summed E-state index contributed by atoms with van der Waals surface area (Å²) in [4.78, 5) is 40.7. The number of aliphatic hydroxyl groups is 4. The number of unbranched alkanes of at least 4 members (excludes halogenated alkanes) is 3. The molecule has 2 bridgehead atoms. The fraction of sp³-hybridized carbons (Fsp3) is 0.795. The molecule has 0 aliphatic carbocycles. The number of carbonyl (C=O) groups is 3. The standard InChI is InChI=1S/C44H71N5O12/c1-9-34-44(7,56)39(54)26(3)37(52)31-21-43(6,58-24-31)40(27(4)36(51)28(5)41(55)60-34)61-42-38(53)33(19-25(2)59-42)48(8)22-29-15-14-16-30(20-29)32-23-49(47-45-32)18-13-11-10-12-17-35(50)46-57/h14-16,20,25-28,31-34,36,38-40,42,51,53-54,56-57H,9-13,17-19,21-24H2,1-8H3,(H,46,50)/t25-,26+,27+,28-,31+,32?,33+,34-,36+,38-,39-,40-,42+,43-,44-/m1/s1. The molecule has 0 aromatic heterocycles. The zero-order chi connectivity index (χ0) is 44.8. The van der Waals surface area contributed by atoms with Crippen LogP contribution in [0.25, 0.3) is 0 Å². The smallest absolute Gasteiger partial charge is 0.311 e. The molecule has 17 heteroatoms. The predicted octanol–water partition coefficient (Wildman–Crippen LogP) is 3.63. The van der Waals surface area contributed by atoms with Crippen molar-refractivity contribution >= 4 is 17.7 Å². The van der Waals surface area contributed by atoms with Gasteiger partial charge in [0, 0.05) is 43.3 Å². The number of ether oxygens (including phenoxy) is 4. The lowest BCUT2D eigenvalue weighted by molar-refractivity contribution is -0.299. The number of benzene rings is 1. The third-order valence-corrected chi connectivity index (χ3v) is 13.6. The predicted molar refractivity (Wildman–Crippen MR) is 221 cm³/mol. The van der Waals surface area contributed by atoms with Gasteiger partial charge in [-0.25, -0.2) is 5.48 Å². The van der Waals surface area contributed by atoms with Crippen molar-refractivity contribution in [3.63, 3.8) is 0 Å². The Bertz CT molecular complexity index is 1660. The molecule has 1 amide bonds. The first-order valence-electron chi connectivity index (χ1n) is 22.1. The number of nitrogens with zero attached hydrogens (tertiary/aromatic N) is 4. The normalized spacial score (nSPS) is 38.7. The third-order valence-electron chi connectivity index (χ3n) is 13.6. The van der Waals surface area contributed by atoms with Gasteiger partial charge in [-0.1, -0.05) is 63.1 Å². The number of Topliss-reactive ketones (excluding diaryl/α,β-unsaturated/α-hetero) is 1. The van der Waals surface area contributed by atoms with Crippen LogP contribution in [0.1, 0.15) is 117 Å². The highest BCUT2D eigenvalue weighted by molar-refractivity contribution is 5.84. The Balaban J connectivity index is 1.27. The molecule has 0 saturated carbocycles. The molecule has 4 heterocycles. The second kappa shape index (κ2) is 21.0. The number of esters is 1. The molecule has 344 valence electrons.